The van der Waals surface area contributed by atoms with Crippen molar-refractivity contribution < 1.29 is 9.53 Å². The van der Waals surface area contributed by atoms with Crippen LogP contribution in [0.1, 0.15) is 31.3 Å². The van der Waals surface area contributed by atoms with Gasteiger partial charge >= 0.3 is 0 Å². The van der Waals surface area contributed by atoms with Crippen LogP contribution in [0.5, 0.6) is 5.75 Å². The number of hydrogen-bond donors (Lipinski definition) is 1. The van der Waals surface area contributed by atoms with Gasteiger partial charge in [0.1, 0.15) is 5.75 Å². The number of para-hydroxylation sites is 1. The number of carbonyl (C=O) groups is 1. The molecule has 1 heterocycles. The molecule has 154 valence electrons. The number of ether oxygens (including phenoxy) is 1. The van der Waals surface area contributed by atoms with Crippen molar-refractivity contribution in [1.29, 1.82) is 5.26 Å². The largest absolute Gasteiger partial charge is 0.481 e. The summed E-state index contributed by atoms with van der Waals surface area (Å²) in [5, 5.41) is 20.8. The molecule has 2 atom stereocenters. The molecule has 9 heteroatoms. The third-order valence-electron chi connectivity index (χ3n) is 4.31. The molecule has 0 radical (unpaired) electrons. The monoisotopic (exact) mass is 441 g/mol. The van der Waals surface area contributed by atoms with Crippen molar-refractivity contribution in [2.75, 3.05) is 5.32 Å². The van der Waals surface area contributed by atoms with Gasteiger partial charge < -0.3 is 14.6 Å². The normalized spacial score (nSPS) is 12.6. The summed E-state index contributed by atoms with van der Waals surface area (Å²) >= 11 is 7.45. The standard InChI is InChI=1S/C21H20ClN5O2S/c1-13(29-18-7-5-4-6-17(18)22)19-25-26-21(27(19)3)30-14(2)20(28)24-16-10-8-15(12-23)9-11-16/h4-11,13-14H,1-3H3,(H,24,28). The van der Waals surface area contributed by atoms with Crippen molar-refractivity contribution in [3.63, 3.8) is 0 Å². The topological polar surface area (TPSA) is 92.8 Å². The van der Waals surface area contributed by atoms with Crippen LogP contribution in [0.3, 0.4) is 0 Å². The van der Waals surface area contributed by atoms with E-state index in [0.29, 0.717) is 33.0 Å². The first kappa shape index (κ1) is 21.7. The van der Waals surface area contributed by atoms with E-state index in [4.69, 9.17) is 21.6 Å². The van der Waals surface area contributed by atoms with Gasteiger partial charge in [0, 0.05) is 12.7 Å². The summed E-state index contributed by atoms with van der Waals surface area (Å²) < 4.78 is 7.71. The Balaban J connectivity index is 1.64. The fraction of sp³-hybridized carbons (Fsp3) is 0.238. The number of rotatable bonds is 7. The van der Waals surface area contributed by atoms with E-state index in [1.54, 1.807) is 47.9 Å². The third-order valence-corrected chi connectivity index (χ3v) is 5.75. The first-order valence-electron chi connectivity index (χ1n) is 9.17. The van der Waals surface area contributed by atoms with Gasteiger partial charge in [0.15, 0.2) is 17.1 Å². The van der Waals surface area contributed by atoms with Gasteiger partial charge in [0.25, 0.3) is 0 Å². The van der Waals surface area contributed by atoms with E-state index in [2.05, 4.69) is 15.5 Å². The van der Waals surface area contributed by atoms with Crippen molar-refractivity contribution in [2.24, 2.45) is 7.05 Å². The summed E-state index contributed by atoms with van der Waals surface area (Å²) in [6.07, 6.45) is -0.375. The van der Waals surface area contributed by atoms with Crippen molar-refractivity contribution in [3.8, 4) is 11.8 Å². The van der Waals surface area contributed by atoms with E-state index in [-0.39, 0.29) is 12.0 Å². The zero-order valence-electron chi connectivity index (χ0n) is 16.7. The number of thioether (sulfide) groups is 1. The molecule has 7 nitrogen and oxygen atoms in total. The number of nitrogens with zero attached hydrogens (tertiary/aromatic N) is 4. The number of nitriles is 1. The van der Waals surface area contributed by atoms with Crippen molar-refractivity contribution in [2.45, 2.75) is 30.4 Å². The number of carbonyl (C=O) groups excluding carboxylic acids is 1. The number of anilines is 1. The molecule has 2 unspecified atom stereocenters. The van der Waals surface area contributed by atoms with Gasteiger partial charge in [-0.3, -0.25) is 4.79 Å². The van der Waals surface area contributed by atoms with Gasteiger partial charge in [-0.25, -0.2) is 0 Å². The zero-order valence-corrected chi connectivity index (χ0v) is 18.2. The second-order valence-electron chi connectivity index (χ2n) is 6.53. The lowest BCUT2D eigenvalue weighted by Crippen LogP contribution is -2.23. The molecule has 0 saturated carbocycles. The van der Waals surface area contributed by atoms with Crippen LogP contribution in [0.25, 0.3) is 0 Å². The number of amides is 1. The average Bonchev–Trinajstić information content (AvgIpc) is 3.10. The van der Waals surface area contributed by atoms with Gasteiger partial charge in [0.2, 0.25) is 5.91 Å². The molecule has 0 fully saturated rings. The minimum Gasteiger partial charge on any atom is -0.481 e. The maximum Gasteiger partial charge on any atom is 0.237 e. The van der Waals surface area contributed by atoms with Crippen molar-refractivity contribution >= 4 is 35.0 Å². The molecule has 30 heavy (non-hydrogen) atoms. The summed E-state index contributed by atoms with van der Waals surface area (Å²) in [5.74, 6) is 1.02. The second kappa shape index (κ2) is 9.65. The molecule has 0 saturated heterocycles. The summed E-state index contributed by atoms with van der Waals surface area (Å²) in [4.78, 5) is 12.5. The molecular formula is C21H20ClN5O2S. The zero-order chi connectivity index (χ0) is 21.7. The Labute approximate surface area is 184 Å². The van der Waals surface area contributed by atoms with Crippen LogP contribution < -0.4 is 10.1 Å². The Hall–Kier alpha value is -3.02. The lowest BCUT2D eigenvalue weighted by molar-refractivity contribution is -0.115. The van der Waals surface area contributed by atoms with E-state index in [9.17, 15) is 4.79 Å². The second-order valence-corrected chi connectivity index (χ2v) is 8.24. The van der Waals surface area contributed by atoms with Crippen molar-refractivity contribution in [1.82, 2.24) is 14.8 Å². The van der Waals surface area contributed by atoms with Crippen molar-refractivity contribution in [3.05, 3.63) is 64.9 Å². The molecular weight excluding hydrogens is 422 g/mol. The van der Waals surface area contributed by atoms with Crippen LogP contribution in [0.2, 0.25) is 5.02 Å². The van der Waals surface area contributed by atoms with Crippen LogP contribution in [-0.2, 0) is 11.8 Å². The van der Waals surface area contributed by atoms with Crippen LogP contribution in [0, 0.1) is 11.3 Å². The highest BCUT2D eigenvalue weighted by molar-refractivity contribution is 8.00. The Morgan fingerprint density at radius 2 is 1.90 bits per heavy atom. The van der Waals surface area contributed by atoms with Gasteiger partial charge in [-0.05, 0) is 50.2 Å². The fourth-order valence-corrected chi connectivity index (χ4v) is 3.65. The Morgan fingerprint density at radius 1 is 1.20 bits per heavy atom. The highest BCUT2D eigenvalue weighted by atomic mass is 35.5. The molecule has 1 N–H and O–H groups in total. The minimum atomic E-state index is -0.406. The molecule has 0 aliphatic heterocycles. The van der Waals surface area contributed by atoms with E-state index >= 15 is 0 Å². The first-order chi connectivity index (χ1) is 14.4. The molecule has 3 rings (SSSR count). The molecule has 3 aromatic rings. The highest BCUT2D eigenvalue weighted by Gasteiger charge is 2.22. The molecule has 0 spiro atoms. The number of hydrogen-bond acceptors (Lipinski definition) is 6. The summed E-state index contributed by atoms with van der Waals surface area (Å²) in [6.45, 7) is 3.66. The Bertz CT molecular complexity index is 1080. The maximum absolute atomic E-state index is 12.5. The molecule has 0 bridgehead atoms. The Kier molecular flexibility index (Phi) is 6.98. The predicted octanol–water partition coefficient (Wildman–Crippen LogP) is 4.60. The molecule has 2 aromatic carbocycles. The highest BCUT2D eigenvalue weighted by Crippen LogP contribution is 2.30. The summed E-state index contributed by atoms with van der Waals surface area (Å²) in [6, 6.07) is 16.0. The van der Waals surface area contributed by atoms with Crippen LogP contribution in [0.4, 0.5) is 5.69 Å². The predicted molar refractivity (Wildman–Crippen MR) is 117 cm³/mol. The summed E-state index contributed by atoms with van der Waals surface area (Å²) in [7, 11) is 1.83. The van der Waals surface area contributed by atoms with Gasteiger partial charge in [-0.15, -0.1) is 10.2 Å². The van der Waals surface area contributed by atoms with Crippen LogP contribution in [-0.4, -0.2) is 25.9 Å². The van der Waals surface area contributed by atoms with Crippen LogP contribution >= 0.6 is 23.4 Å². The lowest BCUT2D eigenvalue weighted by atomic mass is 10.2. The molecule has 1 aromatic heterocycles. The van der Waals surface area contributed by atoms with E-state index in [1.165, 1.54) is 11.8 Å². The minimum absolute atomic E-state index is 0.172. The van der Waals surface area contributed by atoms with Crippen LogP contribution in [0.15, 0.2) is 53.7 Å². The smallest absolute Gasteiger partial charge is 0.237 e. The number of aromatic nitrogens is 3. The number of halogens is 1. The van der Waals surface area contributed by atoms with Gasteiger partial charge in [-0.1, -0.05) is 35.5 Å². The van der Waals surface area contributed by atoms with Gasteiger partial charge in [-0.2, -0.15) is 5.26 Å². The average molecular weight is 442 g/mol. The van der Waals surface area contributed by atoms with E-state index in [1.807, 2.05) is 32.2 Å². The third kappa shape index (κ3) is 5.12. The molecule has 0 aliphatic rings. The van der Waals surface area contributed by atoms with Gasteiger partial charge in [0.05, 0.1) is 21.9 Å². The maximum atomic E-state index is 12.5. The molecule has 0 aliphatic carbocycles. The summed E-state index contributed by atoms with van der Waals surface area (Å²) in [5.41, 5.74) is 1.17. The molecule has 1 amide bonds. The van der Waals surface area contributed by atoms with E-state index in [0.717, 1.165) is 0 Å². The fourth-order valence-electron chi connectivity index (χ4n) is 2.65. The quantitative estimate of drug-likeness (QED) is 0.538. The first-order valence-corrected chi connectivity index (χ1v) is 10.4. The van der Waals surface area contributed by atoms with E-state index < -0.39 is 5.25 Å². The lowest BCUT2D eigenvalue weighted by Gasteiger charge is -2.16. The Morgan fingerprint density at radius 3 is 2.57 bits per heavy atom. The number of nitrogens with one attached hydrogen (secondary N) is 1. The SMILES string of the molecule is CC(Sc1nnc(C(C)Oc2ccccc2Cl)n1C)C(=O)Nc1ccc(C#N)cc1. The number of benzene rings is 2.